The molecule has 6 heteroatoms. The van der Waals surface area contributed by atoms with Crippen molar-refractivity contribution in [3.05, 3.63) is 0 Å². The molecule has 0 radical (unpaired) electrons. The fourth-order valence-electron chi connectivity index (χ4n) is 0.857. The number of carboxylic acids is 2. The monoisotopic (exact) mass is 190 g/mol. The average molecular weight is 190 g/mol. The van der Waals surface area contributed by atoms with E-state index in [1.165, 1.54) is 0 Å². The molecule has 0 aliphatic carbocycles. The third kappa shape index (κ3) is 6.06. The van der Waals surface area contributed by atoms with Crippen LogP contribution in [0.1, 0.15) is 19.3 Å². The summed E-state index contributed by atoms with van der Waals surface area (Å²) in [5.41, 5.74) is 10.9. The first kappa shape index (κ1) is 11.9. The number of carboxylic acid groups (broad SMARTS) is 2. The summed E-state index contributed by atoms with van der Waals surface area (Å²) in [6.07, 6.45) is -0.126. The average Bonchev–Trinajstić information content (AvgIpc) is 1.98. The Labute approximate surface area is 75.5 Å². The molecule has 0 amide bonds. The number of hydrogen-bond donors (Lipinski definition) is 4. The first-order valence-electron chi connectivity index (χ1n) is 3.88. The lowest BCUT2D eigenvalue weighted by Crippen LogP contribution is -2.43. The van der Waals surface area contributed by atoms with Gasteiger partial charge in [-0.25, -0.2) is 0 Å². The summed E-state index contributed by atoms with van der Waals surface area (Å²) in [4.78, 5) is 20.3. The van der Waals surface area contributed by atoms with Crippen LogP contribution in [0.2, 0.25) is 0 Å². The van der Waals surface area contributed by atoms with E-state index in [9.17, 15) is 9.59 Å². The minimum atomic E-state index is -1.03. The molecular formula is C7H14N2O4. The Balaban J connectivity index is 3.75. The maximum absolute atomic E-state index is 10.2. The molecular weight excluding hydrogens is 176 g/mol. The minimum Gasteiger partial charge on any atom is -0.481 e. The minimum absolute atomic E-state index is 0.0888. The van der Waals surface area contributed by atoms with Crippen LogP contribution < -0.4 is 11.5 Å². The summed E-state index contributed by atoms with van der Waals surface area (Å²) in [6, 6.07) is -1.26. The lowest BCUT2D eigenvalue weighted by atomic mass is 10.0. The lowest BCUT2D eigenvalue weighted by molar-refractivity contribution is -0.137. The fraction of sp³-hybridized carbons (Fsp3) is 0.714. The van der Waals surface area contributed by atoms with Crippen LogP contribution in [0.15, 0.2) is 0 Å². The van der Waals surface area contributed by atoms with Gasteiger partial charge in [0.25, 0.3) is 0 Å². The zero-order chi connectivity index (χ0) is 10.4. The molecule has 0 rings (SSSR count). The summed E-state index contributed by atoms with van der Waals surface area (Å²) >= 11 is 0. The lowest BCUT2D eigenvalue weighted by Gasteiger charge is -2.16. The highest BCUT2D eigenvalue weighted by atomic mass is 16.4. The molecule has 0 spiro atoms. The number of carbonyl (C=O) groups is 2. The fourth-order valence-corrected chi connectivity index (χ4v) is 0.857. The van der Waals surface area contributed by atoms with Crippen molar-refractivity contribution in [2.75, 3.05) is 0 Å². The van der Waals surface area contributed by atoms with Crippen molar-refractivity contribution in [2.45, 2.75) is 31.3 Å². The molecule has 76 valence electrons. The van der Waals surface area contributed by atoms with Crippen LogP contribution in [0.3, 0.4) is 0 Å². The van der Waals surface area contributed by atoms with E-state index in [0.29, 0.717) is 0 Å². The Hall–Kier alpha value is -1.14. The molecule has 0 heterocycles. The molecule has 13 heavy (non-hydrogen) atoms. The number of rotatable bonds is 6. The summed E-state index contributed by atoms with van der Waals surface area (Å²) in [6.45, 7) is 0. The van der Waals surface area contributed by atoms with E-state index in [1.54, 1.807) is 0 Å². The highest BCUT2D eigenvalue weighted by molar-refractivity contribution is 5.68. The van der Waals surface area contributed by atoms with Crippen molar-refractivity contribution in [1.82, 2.24) is 0 Å². The van der Waals surface area contributed by atoms with Gasteiger partial charge < -0.3 is 21.7 Å². The molecule has 0 aromatic carbocycles. The molecule has 2 atom stereocenters. The second-order valence-corrected chi connectivity index (χ2v) is 2.86. The van der Waals surface area contributed by atoms with Gasteiger partial charge in [0.1, 0.15) is 0 Å². The van der Waals surface area contributed by atoms with Gasteiger partial charge >= 0.3 is 11.9 Å². The van der Waals surface area contributed by atoms with Crippen molar-refractivity contribution in [1.29, 1.82) is 0 Å². The highest BCUT2D eigenvalue weighted by Gasteiger charge is 2.17. The van der Waals surface area contributed by atoms with Gasteiger partial charge in [-0.1, -0.05) is 0 Å². The zero-order valence-electron chi connectivity index (χ0n) is 7.14. The molecule has 0 aliphatic heterocycles. The summed E-state index contributed by atoms with van der Waals surface area (Å²) in [7, 11) is 0. The van der Waals surface area contributed by atoms with Crippen molar-refractivity contribution >= 4 is 11.9 Å². The van der Waals surface area contributed by atoms with Gasteiger partial charge in [0, 0.05) is 18.5 Å². The van der Waals surface area contributed by atoms with Crippen molar-refractivity contribution < 1.29 is 19.8 Å². The molecule has 6 N–H and O–H groups in total. The van der Waals surface area contributed by atoms with Crippen LogP contribution in [0, 0.1) is 0 Å². The Morgan fingerprint density at radius 3 is 2.00 bits per heavy atom. The van der Waals surface area contributed by atoms with Crippen LogP contribution in [0.4, 0.5) is 0 Å². The summed E-state index contributed by atoms with van der Waals surface area (Å²) < 4.78 is 0. The Morgan fingerprint density at radius 1 is 1.08 bits per heavy atom. The predicted octanol–water partition coefficient (Wildman–Crippen LogP) is -1.02. The Kier molecular flexibility index (Phi) is 5.01. The summed E-state index contributed by atoms with van der Waals surface area (Å²) in [5.74, 6) is -1.99. The van der Waals surface area contributed by atoms with Gasteiger partial charge in [0.2, 0.25) is 0 Å². The van der Waals surface area contributed by atoms with Crippen LogP contribution in [-0.4, -0.2) is 34.2 Å². The standard InChI is InChI=1S/C7H14N2O4/c8-4(1-2-6(10)11)5(9)3-7(12)13/h4-5H,1-3,8-9H2,(H,10,11)(H,12,13). The SMILES string of the molecule is NC(CCC(=O)O)C(N)CC(=O)O. The topological polar surface area (TPSA) is 127 Å². The van der Waals surface area contributed by atoms with E-state index in [2.05, 4.69) is 0 Å². The smallest absolute Gasteiger partial charge is 0.304 e. The zero-order valence-corrected chi connectivity index (χ0v) is 7.14. The van der Waals surface area contributed by atoms with Crippen LogP contribution in [0.25, 0.3) is 0 Å². The third-order valence-electron chi connectivity index (χ3n) is 1.65. The van der Waals surface area contributed by atoms with E-state index in [0.717, 1.165) is 0 Å². The Bertz CT molecular complexity index is 195. The molecule has 2 unspecified atom stereocenters. The predicted molar refractivity (Wildman–Crippen MR) is 45.1 cm³/mol. The molecule has 0 fully saturated rings. The van der Waals surface area contributed by atoms with E-state index < -0.39 is 24.0 Å². The summed E-state index contributed by atoms with van der Waals surface area (Å²) in [5, 5.41) is 16.7. The first-order valence-corrected chi connectivity index (χ1v) is 3.88. The molecule has 0 aromatic rings. The van der Waals surface area contributed by atoms with E-state index in [-0.39, 0.29) is 19.3 Å². The number of nitrogens with two attached hydrogens (primary N) is 2. The van der Waals surface area contributed by atoms with Crippen molar-refractivity contribution in [2.24, 2.45) is 11.5 Å². The van der Waals surface area contributed by atoms with E-state index in [1.807, 2.05) is 0 Å². The van der Waals surface area contributed by atoms with E-state index >= 15 is 0 Å². The molecule has 6 nitrogen and oxygen atoms in total. The maximum Gasteiger partial charge on any atom is 0.304 e. The van der Waals surface area contributed by atoms with Crippen LogP contribution in [0.5, 0.6) is 0 Å². The second-order valence-electron chi connectivity index (χ2n) is 2.86. The van der Waals surface area contributed by atoms with Gasteiger partial charge in [-0.05, 0) is 6.42 Å². The number of hydrogen-bond acceptors (Lipinski definition) is 4. The second kappa shape index (κ2) is 5.50. The van der Waals surface area contributed by atoms with Gasteiger partial charge in [-0.15, -0.1) is 0 Å². The molecule has 0 saturated carbocycles. The molecule has 0 saturated heterocycles. The third-order valence-corrected chi connectivity index (χ3v) is 1.65. The molecule has 0 bridgehead atoms. The Morgan fingerprint density at radius 2 is 1.62 bits per heavy atom. The quantitative estimate of drug-likeness (QED) is 0.424. The largest absolute Gasteiger partial charge is 0.481 e. The first-order chi connectivity index (χ1) is 5.93. The molecule has 0 aromatic heterocycles. The van der Waals surface area contributed by atoms with Crippen molar-refractivity contribution in [3.63, 3.8) is 0 Å². The van der Waals surface area contributed by atoms with Gasteiger partial charge in [-0.2, -0.15) is 0 Å². The van der Waals surface area contributed by atoms with E-state index in [4.69, 9.17) is 21.7 Å². The van der Waals surface area contributed by atoms with Crippen molar-refractivity contribution in [3.8, 4) is 0 Å². The van der Waals surface area contributed by atoms with Gasteiger partial charge in [-0.3, -0.25) is 9.59 Å². The highest BCUT2D eigenvalue weighted by Crippen LogP contribution is 2.01. The van der Waals surface area contributed by atoms with Crippen LogP contribution in [-0.2, 0) is 9.59 Å². The number of aliphatic carboxylic acids is 2. The maximum atomic E-state index is 10.2. The molecule has 0 aliphatic rings. The normalized spacial score (nSPS) is 14.9. The van der Waals surface area contributed by atoms with Gasteiger partial charge in [0.05, 0.1) is 6.42 Å². The van der Waals surface area contributed by atoms with Gasteiger partial charge in [0.15, 0.2) is 0 Å². The van der Waals surface area contributed by atoms with Crippen LogP contribution >= 0.6 is 0 Å².